The van der Waals surface area contributed by atoms with Gasteiger partial charge in [-0.15, -0.1) is 0 Å². The molecule has 0 aromatic heterocycles. The summed E-state index contributed by atoms with van der Waals surface area (Å²) in [5.74, 6) is -7.89. The smallest absolute Gasteiger partial charge is 0.324 e. The predicted octanol–water partition coefficient (Wildman–Crippen LogP) is 3.03. The molecule has 1 rings (SSSR count). The molecule has 0 bridgehead atoms. The summed E-state index contributed by atoms with van der Waals surface area (Å²) < 4.78 is 76.1. The van der Waals surface area contributed by atoms with Gasteiger partial charge in [0.15, 0.2) is 0 Å². The Morgan fingerprint density at radius 1 is 1.24 bits per heavy atom. The average Bonchev–Trinajstić information content (AvgIpc) is 2.39. The second-order valence-electron chi connectivity index (χ2n) is 4.09. The Bertz CT molecular complexity index is 497. The highest BCUT2D eigenvalue weighted by molar-refractivity contribution is 5.94. The number of hydrogen-bond donors (Lipinski definition) is 2. The van der Waals surface area contributed by atoms with Gasteiger partial charge >= 0.3 is 12.3 Å². The molecule has 0 aliphatic heterocycles. The standard InChI is InChI=1S/C12H12F6N2O/c1-2-19-9-7(13)3-6(4-8(9)14)10(21)20-5-12(17,18)11(15)16/h3-4,11,19H,2,5H2,1H3,(H,20,21). The normalized spacial score (nSPS) is 11.6. The number of halogens is 6. The van der Waals surface area contributed by atoms with Crippen molar-refractivity contribution in [2.24, 2.45) is 0 Å². The Kier molecular flexibility index (Phi) is 5.45. The lowest BCUT2D eigenvalue weighted by Gasteiger charge is -2.16. The van der Waals surface area contributed by atoms with E-state index in [4.69, 9.17) is 0 Å². The molecule has 0 saturated heterocycles. The second-order valence-corrected chi connectivity index (χ2v) is 4.09. The molecule has 2 N–H and O–H groups in total. The molecule has 9 heteroatoms. The fourth-order valence-corrected chi connectivity index (χ4v) is 1.43. The van der Waals surface area contributed by atoms with Crippen molar-refractivity contribution in [2.75, 3.05) is 18.4 Å². The van der Waals surface area contributed by atoms with E-state index in [1.54, 1.807) is 6.92 Å². The first kappa shape index (κ1) is 17.1. The van der Waals surface area contributed by atoms with Crippen LogP contribution in [-0.4, -0.2) is 31.3 Å². The largest absolute Gasteiger partial charge is 0.381 e. The van der Waals surface area contributed by atoms with Crippen molar-refractivity contribution in [3.8, 4) is 0 Å². The highest BCUT2D eigenvalue weighted by Gasteiger charge is 2.40. The lowest BCUT2D eigenvalue weighted by Crippen LogP contribution is -2.41. The SMILES string of the molecule is CCNc1c(F)cc(C(=O)NCC(F)(F)C(F)F)cc1F. The summed E-state index contributed by atoms with van der Waals surface area (Å²) in [7, 11) is 0. The van der Waals surface area contributed by atoms with Gasteiger partial charge in [-0.25, -0.2) is 17.6 Å². The number of anilines is 1. The molecule has 1 aromatic carbocycles. The minimum Gasteiger partial charge on any atom is -0.381 e. The fourth-order valence-electron chi connectivity index (χ4n) is 1.43. The summed E-state index contributed by atoms with van der Waals surface area (Å²) in [5.41, 5.74) is -1.05. The topological polar surface area (TPSA) is 41.1 Å². The van der Waals surface area contributed by atoms with Crippen LogP contribution >= 0.6 is 0 Å². The molecular formula is C12H12F6N2O. The molecule has 0 aliphatic rings. The molecule has 3 nitrogen and oxygen atoms in total. The monoisotopic (exact) mass is 314 g/mol. The van der Waals surface area contributed by atoms with Gasteiger partial charge in [0.25, 0.3) is 5.91 Å². The van der Waals surface area contributed by atoms with Crippen molar-refractivity contribution in [2.45, 2.75) is 19.3 Å². The van der Waals surface area contributed by atoms with Crippen LogP contribution in [0.1, 0.15) is 17.3 Å². The Labute approximate surface area is 116 Å². The molecule has 118 valence electrons. The molecule has 0 heterocycles. The van der Waals surface area contributed by atoms with Crippen LogP contribution in [0.15, 0.2) is 12.1 Å². The summed E-state index contributed by atoms with van der Waals surface area (Å²) in [5, 5.41) is 3.88. The third-order valence-corrected chi connectivity index (χ3v) is 2.46. The molecule has 1 amide bonds. The van der Waals surface area contributed by atoms with Gasteiger partial charge in [-0.1, -0.05) is 0 Å². The van der Waals surface area contributed by atoms with Crippen LogP contribution < -0.4 is 10.6 Å². The van der Waals surface area contributed by atoms with Crippen molar-refractivity contribution < 1.29 is 31.1 Å². The molecule has 1 aromatic rings. The third kappa shape index (κ3) is 4.27. The molecule has 0 aliphatic carbocycles. The van der Waals surface area contributed by atoms with Gasteiger partial charge < -0.3 is 10.6 Å². The molecule has 0 unspecified atom stereocenters. The maximum absolute atomic E-state index is 13.5. The van der Waals surface area contributed by atoms with Crippen molar-refractivity contribution >= 4 is 11.6 Å². The number of hydrogen-bond acceptors (Lipinski definition) is 2. The Morgan fingerprint density at radius 3 is 2.19 bits per heavy atom. The Balaban J connectivity index is 2.85. The van der Waals surface area contributed by atoms with Gasteiger partial charge in [-0.3, -0.25) is 4.79 Å². The van der Waals surface area contributed by atoms with E-state index in [0.29, 0.717) is 12.1 Å². The van der Waals surface area contributed by atoms with Crippen molar-refractivity contribution in [3.63, 3.8) is 0 Å². The van der Waals surface area contributed by atoms with E-state index >= 15 is 0 Å². The van der Waals surface area contributed by atoms with Gasteiger partial charge in [0.1, 0.15) is 17.3 Å². The van der Waals surface area contributed by atoms with Crippen LogP contribution in [0.3, 0.4) is 0 Å². The summed E-state index contributed by atoms with van der Waals surface area (Å²) in [6, 6.07) is 1.24. The van der Waals surface area contributed by atoms with Crippen LogP contribution in [-0.2, 0) is 0 Å². The summed E-state index contributed by atoms with van der Waals surface area (Å²) in [6.45, 7) is 0.174. The Hall–Kier alpha value is -1.93. The van der Waals surface area contributed by atoms with Gasteiger partial charge in [0, 0.05) is 12.1 Å². The minimum absolute atomic E-state index is 0.222. The van der Waals surface area contributed by atoms with Crippen molar-refractivity contribution in [3.05, 3.63) is 29.3 Å². The lowest BCUT2D eigenvalue weighted by atomic mass is 10.1. The number of carbonyl (C=O) groups excluding carboxylic acids is 1. The van der Waals surface area contributed by atoms with Gasteiger partial charge in [0.2, 0.25) is 0 Å². The number of alkyl halides is 4. The number of carbonyl (C=O) groups is 1. The summed E-state index contributed by atoms with van der Waals surface area (Å²) in [4.78, 5) is 11.4. The Morgan fingerprint density at radius 2 is 1.76 bits per heavy atom. The van der Waals surface area contributed by atoms with Gasteiger partial charge in [-0.2, -0.15) is 8.78 Å². The zero-order valence-electron chi connectivity index (χ0n) is 10.8. The quantitative estimate of drug-likeness (QED) is 0.793. The van der Waals surface area contributed by atoms with Gasteiger partial charge in [0.05, 0.1) is 6.54 Å². The number of rotatable bonds is 6. The first-order valence-electron chi connectivity index (χ1n) is 5.86. The molecule has 0 spiro atoms. The lowest BCUT2D eigenvalue weighted by molar-refractivity contribution is -0.123. The molecule has 0 saturated carbocycles. The summed E-state index contributed by atoms with van der Waals surface area (Å²) in [6.07, 6.45) is -3.96. The average molecular weight is 314 g/mol. The first-order valence-corrected chi connectivity index (χ1v) is 5.86. The molecular weight excluding hydrogens is 302 g/mol. The zero-order valence-corrected chi connectivity index (χ0v) is 10.8. The van der Waals surface area contributed by atoms with E-state index in [1.165, 1.54) is 5.32 Å². The zero-order chi connectivity index (χ0) is 16.2. The molecule has 0 fully saturated rings. The second kappa shape index (κ2) is 6.68. The van der Waals surface area contributed by atoms with E-state index in [0.717, 1.165) is 0 Å². The van der Waals surface area contributed by atoms with Crippen LogP contribution in [0.5, 0.6) is 0 Å². The third-order valence-electron chi connectivity index (χ3n) is 2.46. The number of amides is 1. The maximum Gasteiger partial charge on any atom is 0.324 e. The van der Waals surface area contributed by atoms with Crippen LogP contribution in [0.4, 0.5) is 32.0 Å². The minimum atomic E-state index is -4.42. The molecule has 21 heavy (non-hydrogen) atoms. The fraction of sp³-hybridized carbons (Fsp3) is 0.417. The van der Waals surface area contributed by atoms with E-state index in [1.807, 2.05) is 0 Å². The van der Waals surface area contributed by atoms with Crippen molar-refractivity contribution in [1.82, 2.24) is 5.32 Å². The summed E-state index contributed by atoms with van der Waals surface area (Å²) >= 11 is 0. The van der Waals surface area contributed by atoms with Crippen molar-refractivity contribution in [1.29, 1.82) is 0 Å². The van der Waals surface area contributed by atoms with E-state index in [9.17, 15) is 31.1 Å². The highest BCUT2D eigenvalue weighted by Crippen LogP contribution is 2.23. The van der Waals surface area contributed by atoms with Crippen LogP contribution in [0.2, 0.25) is 0 Å². The highest BCUT2D eigenvalue weighted by atomic mass is 19.3. The maximum atomic E-state index is 13.5. The van der Waals surface area contributed by atoms with E-state index in [2.05, 4.69) is 5.32 Å². The van der Waals surface area contributed by atoms with Gasteiger partial charge in [-0.05, 0) is 19.1 Å². The van der Waals surface area contributed by atoms with E-state index < -0.39 is 47.7 Å². The van der Waals surface area contributed by atoms with E-state index in [-0.39, 0.29) is 6.54 Å². The van der Waals surface area contributed by atoms with Crippen LogP contribution in [0, 0.1) is 11.6 Å². The molecule has 0 atom stereocenters. The first-order chi connectivity index (χ1) is 9.69. The van der Waals surface area contributed by atoms with Crippen LogP contribution in [0.25, 0.3) is 0 Å². The molecule has 0 radical (unpaired) electrons. The number of benzene rings is 1. The number of nitrogens with one attached hydrogen (secondary N) is 2. The predicted molar refractivity (Wildman–Crippen MR) is 63.8 cm³/mol.